The first-order chi connectivity index (χ1) is 15.3. The van der Waals surface area contributed by atoms with E-state index >= 15 is 0 Å². The van der Waals surface area contributed by atoms with Crippen molar-refractivity contribution in [2.45, 2.75) is 123 Å². The molecule has 0 bridgehead atoms. The standard InChI is InChI=1S/C23H45O8P/c1-3-5-6-7-8-9-10-11-12-13-14-15-16-18-23(25)31-21(20-30-32(26,27)28)19-29-22(24)17-4-2/h21H,3-20H2,1-2H3,(H2,26,27,28). The van der Waals surface area contributed by atoms with Gasteiger partial charge in [0.15, 0.2) is 6.10 Å². The largest absolute Gasteiger partial charge is 0.469 e. The number of carbonyl (C=O) groups is 2. The zero-order chi connectivity index (χ0) is 24.1. The lowest BCUT2D eigenvalue weighted by Gasteiger charge is -2.18. The van der Waals surface area contributed by atoms with E-state index in [2.05, 4.69) is 11.4 Å². The summed E-state index contributed by atoms with van der Waals surface area (Å²) in [6.45, 7) is 3.24. The summed E-state index contributed by atoms with van der Waals surface area (Å²) in [5.74, 6) is -0.944. The summed E-state index contributed by atoms with van der Waals surface area (Å²) in [7, 11) is -4.71. The summed E-state index contributed by atoms with van der Waals surface area (Å²) >= 11 is 0. The first-order valence-electron chi connectivity index (χ1n) is 12.3. The van der Waals surface area contributed by atoms with E-state index in [1.165, 1.54) is 57.8 Å². The molecular formula is C23H45O8P. The van der Waals surface area contributed by atoms with Crippen molar-refractivity contribution in [3.63, 3.8) is 0 Å². The zero-order valence-electron chi connectivity index (χ0n) is 20.1. The molecule has 0 aliphatic rings. The molecule has 0 aliphatic carbocycles. The monoisotopic (exact) mass is 480 g/mol. The minimum Gasteiger partial charge on any atom is -0.462 e. The Balaban J connectivity index is 3.87. The van der Waals surface area contributed by atoms with Crippen molar-refractivity contribution in [3.05, 3.63) is 0 Å². The molecule has 0 fully saturated rings. The topological polar surface area (TPSA) is 119 Å². The maximum atomic E-state index is 12.0. The fourth-order valence-electron chi connectivity index (χ4n) is 3.29. The third-order valence-corrected chi connectivity index (χ3v) is 5.58. The summed E-state index contributed by atoms with van der Waals surface area (Å²) in [5.41, 5.74) is 0. The normalized spacial score (nSPS) is 12.5. The fourth-order valence-corrected chi connectivity index (χ4v) is 3.65. The van der Waals surface area contributed by atoms with E-state index in [4.69, 9.17) is 19.3 Å². The Morgan fingerprint density at radius 2 is 1.19 bits per heavy atom. The van der Waals surface area contributed by atoms with E-state index in [9.17, 15) is 14.2 Å². The Labute approximate surface area is 194 Å². The van der Waals surface area contributed by atoms with Crippen LogP contribution < -0.4 is 0 Å². The quantitative estimate of drug-likeness (QED) is 0.113. The molecule has 0 aromatic heterocycles. The Bertz CT molecular complexity index is 520. The third-order valence-electron chi connectivity index (χ3n) is 5.10. The van der Waals surface area contributed by atoms with Crippen LogP contribution in [0.2, 0.25) is 0 Å². The van der Waals surface area contributed by atoms with Gasteiger partial charge in [-0.25, -0.2) is 4.57 Å². The van der Waals surface area contributed by atoms with E-state index < -0.39 is 32.5 Å². The van der Waals surface area contributed by atoms with E-state index in [1.54, 1.807) is 0 Å². The van der Waals surface area contributed by atoms with E-state index in [1.807, 2.05) is 6.92 Å². The number of unbranched alkanes of at least 4 members (excludes halogenated alkanes) is 12. The van der Waals surface area contributed by atoms with Crippen molar-refractivity contribution in [1.29, 1.82) is 0 Å². The Morgan fingerprint density at radius 1 is 0.688 bits per heavy atom. The van der Waals surface area contributed by atoms with Crippen molar-refractivity contribution in [3.8, 4) is 0 Å². The van der Waals surface area contributed by atoms with Gasteiger partial charge < -0.3 is 19.3 Å². The summed E-state index contributed by atoms with van der Waals surface area (Å²) in [4.78, 5) is 41.2. The Hall–Kier alpha value is -0.950. The van der Waals surface area contributed by atoms with Gasteiger partial charge >= 0.3 is 19.8 Å². The molecule has 1 atom stereocenters. The summed E-state index contributed by atoms with van der Waals surface area (Å²) in [6, 6.07) is 0. The van der Waals surface area contributed by atoms with Crippen LogP contribution in [0.4, 0.5) is 0 Å². The average Bonchev–Trinajstić information content (AvgIpc) is 2.73. The molecule has 0 rings (SSSR count). The van der Waals surface area contributed by atoms with Gasteiger partial charge in [0.05, 0.1) is 6.61 Å². The first-order valence-corrected chi connectivity index (χ1v) is 13.9. The molecule has 0 aliphatic heterocycles. The van der Waals surface area contributed by atoms with Crippen LogP contribution in [0, 0.1) is 0 Å². The smallest absolute Gasteiger partial charge is 0.462 e. The highest BCUT2D eigenvalue weighted by Gasteiger charge is 2.22. The number of hydrogen-bond acceptors (Lipinski definition) is 6. The maximum absolute atomic E-state index is 12.0. The van der Waals surface area contributed by atoms with E-state index in [0.717, 1.165) is 19.3 Å². The first kappa shape index (κ1) is 31.0. The SMILES string of the molecule is CCCCCCCCCCCCCCCC(=O)OC(COC(=O)CCC)COP(=O)(O)O. The molecule has 0 radical (unpaired) electrons. The summed E-state index contributed by atoms with van der Waals surface area (Å²) < 4.78 is 25.5. The maximum Gasteiger partial charge on any atom is 0.469 e. The molecule has 2 N–H and O–H groups in total. The predicted molar refractivity (Wildman–Crippen MR) is 124 cm³/mol. The van der Waals surface area contributed by atoms with Crippen molar-refractivity contribution < 1.29 is 37.9 Å². The van der Waals surface area contributed by atoms with E-state index in [0.29, 0.717) is 12.8 Å². The highest BCUT2D eigenvalue weighted by molar-refractivity contribution is 7.46. The van der Waals surface area contributed by atoms with Crippen molar-refractivity contribution >= 4 is 19.8 Å². The van der Waals surface area contributed by atoms with E-state index in [-0.39, 0.29) is 19.4 Å². The van der Waals surface area contributed by atoms with Gasteiger partial charge in [-0.3, -0.25) is 14.1 Å². The third kappa shape index (κ3) is 22.3. The molecule has 190 valence electrons. The second-order valence-electron chi connectivity index (χ2n) is 8.32. The van der Waals surface area contributed by atoms with Gasteiger partial charge in [0.25, 0.3) is 0 Å². The van der Waals surface area contributed by atoms with Gasteiger partial charge in [-0.1, -0.05) is 90.9 Å². The van der Waals surface area contributed by atoms with Crippen LogP contribution in [0.5, 0.6) is 0 Å². The number of esters is 2. The minimum absolute atomic E-state index is 0.215. The number of phosphoric ester groups is 1. The second kappa shape index (κ2) is 20.6. The molecule has 0 saturated carbocycles. The number of ether oxygens (including phenoxy) is 2. The molecule has 0 spiro atoms. The minimum atomic E-state index is -4.71. The molecule has 32 heavy (non-hydrogen) atoms. The number of rotatable bonds is 22. The molecule has 0 amide bonds. The number of carbonyl (C=O) groups excluding carboxylic acids is 2. The number of hydrogen-bond donors (Lipinski definition) is 2. The predicted octanol–water partition coefficient (Wildman–Crippen LogP) is 5.83. The van der Waals surface area contributed by atoms with Crippen LogP contribution in [0.25, 0.3) is 0 Å². The second-order valence-corrected chi connectivity index (χ2v) is 9.56. The van der Waals surface area contributed by atoms with Crippen LogP contribution in [0.3, 0.4) is 0 Å². The van der Waals surface area contributed by atoms with Crippen molar-refractivity contribution in [1.82, 2.24) is 0 Å². The molecule has 0 aromatic rings. The number of phosphoric acid groups is 1. The zero-order valence-corrected chi connectivity index (χ0v) is 21.0. The van der Waals surface area contributed by atoms with Crippen LogP contribution in [-0.4, -0.2) is 41.0 Å². The lowest BCUT2D eigenvalue weighted by Crippen LogP contribution is -2.29. The molecule has 9 heteroatoms. The molecule has 0 heterocycles. The van der Waals surface area contributed by atoms with Gasteiger partial charge in [0.2, 0.25) is 0 Å². The molecular weight excluding hydrogens is 435 g/mol. The Kier molecular flexibility index (Phi) is 20.0. The lowest BCUT2D eigenvalue weighted by atomic mass is 10.0. The van der Waals surface area contributed by atoms with Crippen molar-refractivity contribution in [2.75, 3.05) is 13.2 Å². The summed E-state index contributed by atoms with van der Waals surface area (Å²) in [5, 5.41) is 0. The highest BCUT2D eigenvalue weighted by Crippen LogP contribution is 2.35. The summed E-state index contributed by atoms with van der Waals surface area (Å²) in [6.07, 6.45) is 15.7. The van der Waals surface area contributed by atoms with Crippen LogP contribution in [0.1, 0.15) is 117 Å². The lowest BCUT2D eigenvalue weighted by molar-refractivity contribution is -0.161. The van der Waals surface area contributed by atoms with Gasteiger partial charge in [-0.15, -0.1) is 0 Å². The Morgan fingerprint density at radius 3 is 1.66 bits per heavy atom. The van der Waals surface area contributed by atoms with Gasteiger partial charge in [-0.05, 0) is 12.8 Å². The van der Waals surface area contributed by atoms with Gasteiger partial charge in [0, 0.05) is 12.8 Å². The fraction of sp³-hybridized carbons (Fsp3) is 0.913. The average molecular weight is 481 g/mol. The molecule has 0 saturated heterocycles. The molecule has 1 unspecified atom stereocenters. The van der Waals surface area contributed by atoms with Gasteiger partial charge in [0.1, 0.15) is 6.61 Å². The van der Waals surface area contributed by atoms with Crippen LogP contribution in [-0.2, 0) is 28.2 Å². The molecule has 8 nitrogen and oxygen atoms in total. The highest BCUT2D eigenvalue weighted by atomic mass is 31.2. The van der Waals surface area contributed by atoms with Gasteiger partial charge in [-0.2, -0.15) is 0 Å². The van der Waals surface area contributed by atoms with Crippen molar-refractivity contribution in [2.24, 2.45) is 0 Å². The molecule has 0 aromatic carbocycles. The van der Waals surface area contributed by atoms with Crippen LogP contribution in [0.15, 0.2) is 0 Å². The van der Waals surface area contributed by atoms with Crippen LogP contribution >= 0.6 is 7.82 Å².